The van der Waals surface area contributed by atoms with Crippen molar-refractivity contribution in [3.05, 3.63) is 0 Å². The molecule has 0 radical (unpaired) electrons. The Morgan fingerprint density at radius 3 is 1.88 bits per heavy atom. The molecule has 1 fully saturated rings. The second-order valence-electron chi connectivity index (χ2n) is 2.96. The molecule has 46 valence electrons. The first-order valence-electron chi connectivity index (χ1n) is 3.18. The smallest absolute Gasteiger partial charge is 0.140 e. The molecular weight excluding hydrogens is 100 g/mol. The molecule has 1 heteroatoms. The Morgan fingerprint density at radius 2 is 1.88 bits per heavy atom. The summed E-state index contributed by atoms with van der Waals surface area (Å²) in [7, 11) is 0. The van der Waals surface area contributed by atoms with Crippen molar-refractivity contribution >= 4 is 5.78 Å². The van der Waals surface area contributed by atoms with Crippen LogP contribution in [0.2, 0.25) is 0 Å². The van der Waals surface area contributed by atoms with Gasteiger partial charge in [-0.05, 0) is 5.92 Å². The highest BCUT2D eigenvalue weighted by atomic mass is 16.1. The Kier molecular flexibility index (Phi) is 1.14. The Balaban J connectivity index is 2.44. The summed E-state index contributed by atoms with van der Waals surface area (Å²) in [6, 6.07) is 0. The van der Waals surface area contributed by atoms with Crippen LogP contribution in [-0.4, -0.2) is 5.78 Å². The van der Waals surface area contributed by atoms with Crippen molar-refractivity contribution in [1.29, 1.82) is 0 Å². The SMILES string of the molecule is CC(C)C1C(=O)C1C. The molecule has 1 aliphatic carbocycles. The van der Waals surface area contributed by atoms with E-state index in [1.54, 1.807) is 0 Å². The molecule has 0 aromatic rings. The van der Waals surface area contributed by atoms with Crippen LogP contribution in [0.4, 0.5) is 0 Å². The van der Waals surface area contributed by atoms with Gasteiger partial charge in [0.25, 0.3) is 0 Å². The topological polar surface area (TPSA) is 17.1 Å². The maximum atomic E-state index is 10.7. The quantitative estimate of drug-likeness (QED) is 0.502. The molecule has 0 heterocycles. The minimum absolute atomic E-state index is 0.370. The van der Waals surface area contributed by atoms with Crippen molar-refractivity contribution in [2.24, 2.45) is 17.8 Å². The maximum Gasteiger partial charge on any atom is 0.140 e. The van der Waals surface area contributed by atoms with E-state index in [0.717, 1.165) is 0 Å². The lowest BCUT2D eigenvalue weighted by atomic mass is 10.1. The highest BCUT2D eigenvalue weighted by molar-refractivity contribution is 5.98. The minimum atomic E-state index is 0.370. The molecule has 2 unspecified atom stereocenters. The molecule has 1 nitrogen and oxygen atoms in total. The van der Waals surface area contributed by atoms with E-state index < -0.39 is 0 Å². The molecule has 0 aromatic carbocycles. The van der Waals surface area contributed by atoms with Gasteiger partial charge in [-0.3, -0.25) is 4.79 Å². The monoisotopic (exact) mass is 112 g/mol. The van der Waals surface area contributed by atoms with Gasteiger partial charge in [-0.25, -0.2) is 0 Å². The van der Waals surface area contributed by atoms with Crippen LogP contribution in [-0.2, 0) is 4.79 Å². The van der Waals surface area contributed by atoms with Gasteiger partial charge in [0.15, 0.2) is 0 Å². The van der Waals surface area contributed by atoms with Gasteiger partial charge in [-0.15, -0.1) is 0 Å². The van der Waals surface area contributed by atoms with Crippen molar-refractivity contribution in [3.8, 4) is 0 Å². The van der Waals surface area contributed by atoms with Crippen LogP contribution >= 0.6 is 0 Å². The number of rotatable bonds is 1. The van der Waals surface area contributed by atoms with Crippen LogP contribution in [0.5, 0.6) is 0 Å². The van der Waals surface area contributed by atoms with Crippen molar-refractivity contribution in [3.63, 3.8) is 0 Å². The first kappa shape index (κ1) is 5.80. The maximum absolute atomic E-state index is 10.7. The summed E-state index contributed by atoms with van der Waals surface area (Å²) in [6.45, 7) is 6.21. The van der Waals surface area contributed by atoms with E-state index >= 15 is 0 Å². The number of carbonyl (C=O) groups excluding carboxylic acids is 1. The van der Waals surface area contributed by atoms with Gasteiger partial charge in [0.05, 0.1) is 0 Å². The molecule has 0 aliphatic heterocycles. The summed E-state index contributed by atoms with van der Waals surface area (Å²) >= 11 is 0. The van der Waals surface area contributed by atoms with Gasteiger partial charge < -0.3 is 0 Å². The zero-order chi connectivity index (χ0) is 6.31. The summed E-state index contributed by atoms with van der Waals surface area (Å²) in [4.78, 5) is 10.7. The predicted octanol–water partition coefficient (Wildman–Crippen LogP) is 1.48. The van der Waals surface area contributed by atoms with Gasteiger partial charge in [0.2, 0.25) is 0 Å². The summed E-state index contributed by atoms with van der Waals surface area (Å²) in [5, 5.41) is 0. The number of carbonyl (C=O) groups is 1. The van der Waals surface area contributed by atoms with Crippen molar-refractivity contribution < 1.29 is 4.79 Å². The summed E-state index contributed by atoms with van der Waals surface area (Å²) in [5.41, 5.74) is 0. The second-order valence-corrected chi connectivity index (χ2v) is 2.96. The zero-order valence-electron chi connectivity index (χ0n) is 5.64. The molecule has 2 atom stereocenters. The third kappa shape index (κ3) is 0.662. The van der Waals surface area contributed by atoms with Gasteiger partial charge in [-0.2, -0.15) is 0 Å². The fraction of sp³-hybridized carbons (Fsp3) is 0.857. The Bertz CT molecular complexity index is 116. The van der Waals surface area contributed by atoms with Crippen LogP contribution in [0.25, 0.3) is 0 Å². The summed E-state index contributed by atoms with van der Waals surface area (Å²) < 4.78 is 0. The van der Waals surface area contributed by atoms with Crippen LogP contribution in [0, 0.1) is 17.8 Å². The van der Waals surface area contributed by atoms with Crippen molar-refractivity contribution in [2.75, 3.05) is 0 Å². The van der Waals surface area contributed by atoms with E-state index in [0.29, 0.717) is 23.5 Å². The summed E-state index contributed by atoms with van der Waals surface area (Å²) in [5.74, 6) is 1.79. The molecule has 1 aliphatic rings. The van der Waals surface area contributed by atoms with E-state index in [4.69, 9.17) is 0 Å². The van der Waals surface area contributed by atoms with Crippen molar-refractivity contribution in [1.82, 2.24) is 0 Å². The van der Waals surface area contributed by atoms with Gasteiger partial charge in [0.1, 0.15) is 5.78 Å². The molecule has 1 saturated carbocycles. The lowest BCUT2D eigenvalue weighted by Crippen LogP contribution is -1.91. The average Bonchev–Trinajstić information content (AvgIpc) is 2.15. The normalized spacial score (nSPS) is 36.2. The van der Waals surface area contributed by atoms with Gasteiger partial charge >= 0.3 is 0 Å². The molecule has 0 amide bonds. The highest BCUT2D eigenvalue weighted by Crippen LogP contribution is 2.38. The van der Waals surface area contributed by atoms with Crippen LogP contribution in [0.3, 0.4) is 0 Å². The lowest BCUT2D eigenvalue weighted by molar-refractivity contribution is -0.112. The van der Waals surface area contributed by atoms with Crippen LogP contribution < -0.4 is 0 Å². The van der Waals surface area contributed by atoms with E-state index in [1.165, 1.54) is 0 Å². The zero-order valence-corrected chi connectivity index (χ0v) is 5.64. The van der Waals surface area contributed by atoms with Crippen molar-refractivity contribution in [2.45, 2.75) is 20.8 Å². The second kappa shape index (κ2) is 1.57. The van der Waals surface area contributed by atoms with Gasteiger partial charge in [0, 0.05) is 11.8 Å². The molecule has 0 aromatic heterocycles. The standard InChI is InChI=1S/C7H12O/c1-4(2)6-5(3)7(6)8/h4-6H,1-3H3. The van der Waals surface area contributed by atoms with Crippen LogP contribution in [0.1, 0.15) is 20.8 Å². The first-order chi connectivity index (χ1) is 3.64. The fourth-order valence-electron chi connectivity index (χ4n) is 1.30. The average molecular weight is 112 g/mol. The number of ketones is 1. The van der Waals surface area contributed by atoms with E-state index in [1.807, 2.05) is 6.92 Å². The molecule has 0 bridgehead atoms. The minimum Gasteiger partial charge on any atom is -0.299 e. The van der Waals surface area contributed by atoms with E-state index in [-0.39, 0.29) is 0 Å². The third-order valence-corrected chi connectivity index (χ3v) is 1.93. The molecule has 1 rings (SSSR count). The first-order valence-corrected chi connectivity index (χ1v) is 3.18. The number of Topliss-reactive ketones (excluding diaryl/α,β-unsaturated/α-hetero) is 1. The van der Waals surface area contributed by atoms with Crippen LogP contribution in [0.15, 0.2) is 0 Å². The molecule has 0 saturated heterocycles. The fourth-order valence-corrected chi connectivity index (χ4v) is 1.30. The number of hydrogen-bond acceptors (Lipinski definition) is 1. The Morgan fingerprint density at radius 1 is 1.50 bits per heavy atom. The Hall–Kier alpha value is -0.330. The molecule has 8 heavy (non-hydrogen) atoms. The molecule has 0 N–H and O–H groups in total. The molecule has 0 spiro atoms. The van der Waals surface area contributed by atoms with Gasteiger partial charge in [-0.1, -0.05) is 20.8 Å². The third-order valence-electron chi connectivity index (χ3n) is 1.93. The van der Waals surface area contributed by atoms with E-state index in [2.05, 4.69) is 13.8 Å². The summed E-state index contributed by atoms with van der Waals surface area (Å²) in [6.07, 6.45) is 0. The van der Waals surface area contributed by atoms with E-state index in [9.17, 15) is 4.79 Å². The molecular formula is C7H12O. The highest BCUT2D eigenvalue weighted by Gasteiger charge is 2.46. The predicted molar refractivity (Wildman–Crippen MR) is 32.5 cm³/mol. The Labute approximate surface area is 50.1 Å². The lowest BCUT2D eigenvalue weighted by Gasteiger charge is -1.94. The largest absolute Gasteiger partial charge is 0.299 e. The number of hydrogen-bond donors (Lipinski definition) is 0.